The summed E-state index contributed by atoms with van der Waals surface area (Å²) in [6.07, 6.45) is 0.565. The van der Waals surface area contributed by atoms with Crippen LogP contribution in [0.5, 0.6) is 0 Å². The second-order valence-corrected chi connectivity index (χ2v) is 8.51. The van der Waals surface area contributed by atoms with Crippen molar-refractivity contribution in [1.82, 2.24) is 10.2 Å². The summed E-state index contributed by atoms with van der Waals surface area (Å²) in [7, 11) is -1.20. The van der Waals surface area contributed by atoms with Crippen molar-refractivity contribution in [2.75, 3.05) is 28.8 Å². The minimum Gasteiger partial charge on any atom is -0.354 e. The average molecular weight is 381 g/mol. The maximum atomic E-state index is 12.2. The third-order valence-electron chi connectivity index (χ3n) is 4.12. The summed E-state index contributed by atoms with van der Waals surface area (Å²) in [5.41, 5.74) is 0.643. The van der Waals surface area contributed by atoms with Gasteiger partial charge in [-0.1, -0.05) is 23.7 Å². The number of nitrogens with zero attached hydrogens (tertiary/aromatic N) is 3. The molecule has 9 heteroatoms. The van der Waals surface area contributed by atoms with E-state index in [1.165, 1.54) is 0 Å². The van der Waals surface area contributed by atoms with Gasteiger partial charge >= 0.3 is 0 Å². The molecule has 3 rings (SSSR count). The number of amides is 1. The van der Waals surface area contributed by atoms with Gasteiger partial charge in [-0.15, -0.1) is 10.2 Å². The number of sulfone groups is 1. The molecule has 1 atom stereocenters. The van der Waals surface area contributed by atoms with E-state index in [0.29, 0.717) is 22.9 Å². The Morgan fingerprint density at radius 1 is 1.24 bits per heavy atom. The van der Waals surface area contributed by atoms with Crippen molar-refractivity contribution in [3.63, 3.8) is 0 Å². The molecule has 1 N–H and O–H groups in total. The number of hydrogen-bond acceptors (Lipinski definition) is 6. The van der Waals surface area contributed by atoms with Gasteiger partial charge in [0.1, 0.15) is 0 Å². The molecule has 132 valence electrons. The number of aromatic nitrogens is 2. The third kappa shape index (κ3) is 4.08. The van der Waals surface area contributed by atoms with Crippen LogP contribution in [0.25, 0.3) is 0 Å². The predicted molar refractivity (Wildman–Crippen MR) is 96.9 cm³/mol. The van der Waals surface area contributed by atoms with Crippen LogP contribution in [0.2, 0.25) is 5.02 Å². The number of carbonyl (C=O) groups is 1. The number of nitrogens with one attached hydrogen (secondary N) is 1. The molecule has 1 unspecified atom stereocenters. The highest BCUT2D eigenvalue weighted by Gasteiger charge is 2.31. The predicted octanol–water partition coefficient (Wildman–Crippen LogP) is 2.01. The van der Waals surface area contributed by atoms with E-state index < -0.39 is 15.7 Å². The highest BCUT2D eigenvalue weighted by atomic mass is 35.5. The van der Waals surface area contributed by atoms with Crippen molar-refractivity contribution in [1.29, 1.82) is 0 Å². The fourth-order valence-electron chi connectivity index (χ4n) is 2.65. The molecule has 1 aliphatic heterocycles. The minimum atomic E-state index is -2.98. The molecular formula is C16H17ClN4O3S. The first kappa shape index (κ1) is 17.6. The Morgan fingerprint density at radius 3 is 2.60 bits per heavy atom. The first-order valence-electron chi connectivity index (χ1n) is 7.68. The van der Waals surface area contributed by atoms with Crippen molar-refractivity contribution in [3.05, 3.63) is 47.1 Å². The van der Waals surface area contributed by atoms with Gasteiger partial charge in [0.05, 0.1) is 22.2 Å². The van der Waals surface area contributed by atoms with Gasteiger partial charge in [-0.05, 0) is 30.7 Å². The van der Waals surface area contributed by atoms with E-state index >= 15 is 0 Å². The lowest BCUT2D eigenvalue weighted by molar-refractivity contribution is 0.102. The average Bonchev–Trinajstić information content (AvgIpc) is 2.96. The van der Waals surface area contributed by atoms with Crippen LogP contribution in [-0.2, 0) is 9.84 Å². The molecule has 0 saturated carbocycles. The summed E-state index contributed by atoms with van der Waals surface area (Å²) in [5.74, 6) is 0.405. The molecule has 1 amide bonds. The summed E-state index contributed by atoms with van der Waals surface area (Å²) >= 11 is 6.01. The van der Waals surface area contributed by atoms with Crippen LogP contribution >= 0.6 is 11.6 Å². The van der Waals surface area contributed by atoms with Gasteiger partial charge in [0, 0.05) is 13.1 Å². The SMILES string of the molecule is CN(c1ccc(C(=O)Nc2ccccc2Cl)nn1)C1CCS(=O)(=O)C1. The normalized spacial score (nSPS) is 18.7. The number of benzene rings is 1. The fourth-order valence-corrected chi connectivity index (χ4v) is 4.61. The smallest absolute Gasteiger partial charge is 0.276 e. The minimum absolute atomic E-state index is 0.111. The van der Waals surface area contributed by atoms with E-state index in [4.69, 9.17) is 11.6 Å². The Kier molecular flexibility index (Phi) is 4.91. The molecule has 0 aliphatic carbocycles. The third-order valence-corrected chi connectivity index (χ3v) is 6.20. The van der Waals surface area contributed by atoms with Gasteiger partial charge < -0.3 is 10.2 Å². The molecule has 25 heavy (non-hydrogen) atoms. The second-order valence-electron chi connectivity index (χ2n) is 5.88. The van der Waals surface area contributed by atoms with Crippen LogP contribution in [-0.4, -0.2) is 49.1 Å². The Labute approximate surface area is 150 Å². The van der Waals surface area contributed by atoms with Crippen molar-refractivity contribution in [3.8, 4) is 0 Å². The van der Waals surface area contributed by atoms with Gasteiger partial charge in [0.2, 0.25) is 0 Å². The molecule has 1 fully saturated rings. The van der Waals surface area contributed by atoms with Gasteiger partial charge in [-0.3, -0.25) is 4.79 Å². The van der Waals surface area contributed by atoms with Crippen molar-refractivity contribution >= 4 is 38.9 Å². The summed E-state index contributed by atoms with van der Waals surface area (Å²) in [4.78, 5) is 14.0. The maximum absolute atomic E-state index is 12.2. The fraction of sp³-hybridized carbons (Fsp3) is 0.312. The molecule has 1 aromatic carbocycles. The van der Waals surface area contributed by atoms with Gasteiger partial charge in [-0.25, -0.2) is 8.42 Å². The summed E-state index contributed by atoms with van der Waals surface area (Å²) < 4.78 is 23.2. The molecule has 2 aromatic rings. The van der Waals surface area contributed by atoms with Gasteiger partial charge in [0.25, 0.3) is 5.91 Å². The van der Waals surface area contributed by atoms with E-state index in [1.807, 2.05) is 0 Å². The summed E-state index contributed by atoms with van der Waals surface area (Å²) in [6.45, 7) is 0. The first-order valence-corrected chi connectivity index (χ1v) is 9.88. The van der Waals surface area contributed by atoms with Crippen LogP contribution < -0.4 is 10.2 Å². The lowest BCUT2D eigenvalue weighted by Gasteiger charge is -2.23. The Hall–Kier alpha value is -2.19. The molecule has 0 radical (unpaired) electrons. The van der Waals surface area contributed by atoms with E-state index in [-0.39, 0.29) is 23.2 Å². The van der Waals surface area contributed by atoms with Crippen LogP contribution in [0.4, 0.5) is 11.5 Å². The number of anilines is 2. The van der Waals surface area contributed by atoms with Gasteiger partial charge in [0.15, 0.2) is 21.3 Å². The maximum Gasteiger partial charge on any atom is 0.276 e. The van der Waals surface area contributed by atoms with Crippen molar-refractivity contribution < 1.29 is 13.2 Å². The number of hydrogen-bond donors (Lipinski definition) is 1. The highest BCUT2D eigenvalue weighted by molar-refractivity contribution is 7.91. The van der Waals surface area contributed by atoms with E-state index in [2.05, 4.69) is 15.5 Å². The van der Waals surface area contributed by atoms with Gasteiger partial charge in [-0.2, -0.15) is 0 Å². The van der Waals surface area contributed by atoms with Crippen LogP contribution in [0.15, 0.2) is 36.4 Å². The number of carbonyl (C=O) groups excluding carboxylic acids is 1. The zero-order valence-corrected chi connectivity index (χ0v) is 15.1. The molecule has 1 aromatic heterocycles. The molecule has 1 aliphatic rings. The summed E-state index contributed by atoms with van der Waals surface area (Å²) in [6, 6.07) is 9.98. The van der Waals surface area contributed by atoms with E-state index in [0.717, 1.165) is 0 Å². The Balaban J connectivity index is 1.69. The molecular weight excluding hydrogens is 364 g/mol. The number of para-hydroxylation sites is 1. The summed E-state index contributed by atoms with van der Waals surface area (Å²) in [5, 5.41) is 11.1. The highest BCUT2D eigenvalue weighted by Crippen LogP contribution is 2.22. The van der Waals surface area contributed by atoms with Crippen LogP contribution in [0.3, 0.4) is 0 Å². The zero-order chi connectivity index (χ0) is 18.0. The second kappa shape index (κ2) is 6.97. The zero-order valence-electron chi connectivity index (χ0n) is 13.5. The van der Waals surface area contributed by atoms with Crippen molar-refractivity contribution in [2.24, 2.45) is 0 Å². The lowest BCUT2D eigenvalue weighted by Crippen LogP contribution is -2.33. The topological polar surface area (TPSA) is 92.3 Å². The molecule has 1 saturated heterocycles. The Morgan fingerprint density at radius 2 is 2.00 bits per heavy atom. The van der Waals surface area contributed by atoms with E-state index in [9.17, 15) is 13.2 Å². The van der Waals surface area contributed by atoms with Crippen LogP contribution in [0, 0.1) is 0 Å². The quantitative estimate of drug-likeness (QED) is 0.872. The molecule has 0 spiro atoms. The first-order chi connectivity index (χ1) is 11.9. The number of halogens is 1. The Bertz CT molecular complexity index is 887. The monoisotopic (exact) mass is 380 g/mol. The van der Waals surface area contributed by atoms with E-state index in [1.54, 1.807) is 48.3 Å². The molecule has 0 bridgehead atoms. The molecule has 7 nitrogen and oxygen atoms in total. The lowest BCUT2D eigenvalue weighted by atomic mass is 10.2. The molecule has 2 heterocycles. The van der Waals surface area contributed by atoms with Crippen LogP contribution in [0.1, 0.15) is 16.9 Å². The largest absolute Gasteiger partial charge is 0.354 e. The number of rotatable bonds is 4. The van der Waals surface area contributed by atoms with Crippen molar-refractivity contribution in [2.45, 2.75) is 12.5 Å². The standard InChI is InChI=1S/C16H17ClN4O3S/c1-21(11-8-9-25(23,24)10-11)15-7-6-14(19-20-15)16(22)18-13-5-3-2-4-12(13)17/h2-7,11H,8-10H2,1H3,(H,18,22).